The summed E-state index contributed by atoms with van der Waals surface area (Å²) in [5, 5.41) is 1.18. The number of benzene rings is 2. The van der Waals surface area contributed by atoms with Gasteiger partial charge in [-0.15, -0.1) is 11.3 Å². The fourth-order valence-corrected chi connectivity index (χ4v) is 4.16. The molecule has 0 radical (unpaired) electrons. The summed E-state index contributed by atoms with van der Waals surface area (Å²) < 4.78 is 7.27. The van der Waals surface area contributed by atoms with Crippen LogP contribution in [-0.2, 0) is 17.3 Å². The summed E-state index contributed by atoms with van der Waals surface area (Å²) in [4.78, 5) is 9.56. The molecule has 0 aliphatic rings. The molecule has 3 nitrogen and oxygen atoms in total. The Morgan fingerprint density at radius 3 is 2.42 bits per heavy atom. The predicted molar refractivity (Wildman–Crippen MR) is 109 cm³/mol. The van der Waals surface area contributed by atoms with Crippen molar-refractivity contribution in [2.24, 2.45) is 0 Å². The van der Waals surface area contributed by atoms with Crippen LogP contribution >= 0.6 is 11.3 Å². The van der Waals surface area contributed by atoms with Crippen molar-refractivity contribution in [3.8, 4) is 0 Å². The van der Waals surface area contributed by atoms with Gasteiger partial charge >= 0.3 is 0 Å². The van der Waals surface area contributed by atoms with Crippen molar-refractivity contribution in [3.05, 3.63) is 58.9 Å². The van der Waals surface area contributed by atoms with E-state index in [9.17, 15) is 0 Å². The molecule has 4 heteroatoms. The summed E-state index contributed by atoms with van der Waals surface area (Å²) in [5.74, 6) is 0.785. The molecule has 0 aliphatic carbocycles. The molecule has 2 aromatic carbocycles. The lowest BCUT2D eigenvalue weighted by Crippen LogP contribution is -2.20. The zero-order chi connectivity index (χ0) is 18.5. The molecule has 0 fully saturated rings. The van der Waals surface area contributed by atoms with E-state index in [-0.39, 0.29) is 10.8 Å². The van der Waals surface area contributed by atoms with E-state index >= 15 is 0 Å². The summed E-state index contributed by atoms with van der Waals surface area (Å²) in [7, 11) is 0. The quantitative estimate of drug-likeness (QED) is 0.431. The number of para-hydroxylation sites is 2. The third-order valence-corrected chi connectivity index (χ3v) is 6.07. The summed E-state index contributed by atoms with van der Waals surface area (Å²) in [6, 6.07) is 14.5. The molecule has 0 atom stereocenters. The Hall–Kier alpha value is -2.20. The van der Waals surface area contributed by atoms with Crippen LogP contribution in [0.15, 0.2) is 46.9 Å². The molecule has 4 aromatic rings. The SMILES string of the molecule is CC(C)(C)c1nc2cc(CC(C)(C)c3nc4ccccc4o3)ccc2s1. The molecule has 0 saturated heterocycles. The monoisotopic (exact) mass is 364 g/mol. The third-order valence-electron chi connectivity index (χ3n) is 4.61. The minimum atomic E-state index is -0.185. The van der Waals surface area contributed by atoms with E-state index in [1.54, 1.807) is 11.3 Å². The Bertz CT molecular complexity index is 1050. The molecule has 0 unspecified atom stereocenters. The van der Waals surface area contributed by atoms with E-state index in [1.165, 1.54) is 15.3 Å². The molecular formula is C22H24N2OS. The van der Waals surface area contributed by atoms with Crippen LogP contribution in [0.25, 0.3) is 21.3 Å². The standard InChI is InChI=1S/C22H24N2OS/c1-21(2,3)20-24-16-12-14(10-11-18(16)26-20)13-22(4,5)19-23-15-8-6-7-9-17(15)25-19/h6-12H,13H2,1-5H3. The highest BCUT2D eigenvalue weighted by molar-refractivity contribution is 7.18. The highest BCUT2D eigenvalue weighted by atomic mass is 32.1. The van der Waals surface area contributed by atoms with Gasteiger partial charge in [0.05, 0.1) is 15.2 Å². The fourth-order valence-electron chi connectivity index (χ4n) is 3.15. The van der Waals surface area contributed by atoms with Gasteiger partial charge in [-0.1, -0.05) is 52.8 Å². The number of thiazole rings is 1. The summed E-state index contributed by atoms with van der Waals surface area (Å²) >= 11 is 1.79. The second-order valence-corrected chi connectivity index (χ2v) is 9.65. The minimum absolute atomic E-state index is 0.0846. The normalized spacial score (nSPS) is 13.0. The van der Waals surface area contributed by atoms with Crippen LogP contribution in [0.3, 0.4) is 0 Å². The maximum Gasteiger partial charge on any atom is 0.201 e. The largest absolute Gasteiger partial charge is 0.440 e. The Balaban J connectivity index is 1.66. The van der Waals surface area contributed by atoms with Crippen LogP contribution in [0, 0.1) is 0 Å². The first-order valence-electron chi connectivity index (χ1n) is 8.98. The topological polar surface area (TPSA) is 38.9 Å². The Morgan fingerprint density at radius 2 is 1.69 bits per heavy atom. The van der Waals surface area contributed by atoms with Gasteiger partial charge in [-0.3, -0.25) is 0 Å². The van der Waals surface area contributed by atoms with Crippen molar-refractivity contribution in [1.82, 2.24) is 9.97 Å². The molecule has 0 amide bonds. The average Bonchev–Trinajstić information content (AvgIpc) is 3.18. The van der Waals surface area contributed by atoms with Crippen LogP contribution in [0.4, 0.5) is 0 Å². The van der Waals surface area contributed by atoms with Gasteiger partial charge in [-0.25, -0.2) is 9.97 Å². The van der Waals surface area contributed by atoms with Gasteiger partial charge in [-0.2, -0.15) is 0 Å². The second kappa shape index (κ2) is 5.92. The minimum Gasteiger partial charge on any atom is -0.440 e. The van der Waals surface area contributed by atoms with E-state index in [0.29, 0.717) is 0 Å². The molecule has 2 aromatic heterocycles. The van der Waals surface area contributed by atoms with Gasteiger partial charge in [0.15, 0.2) is 5.58 Å². The summed E-state index contributed by atoms with van der Waals surface area (Å²) in [6.45, 7) is 11.0. The third kappa shape index (κ3) is 3.14. The van der Waals surface area contributed by atoms with Gasteiger partial charge < -0.3 is 4.42 Å². The molecular weight excluding hydrogens is 340 g/mol. The number of hydrogen-bond acceptors (Lipinski definition) is 4. The van der Waals surface area contributed by atoms with Crippen molar-refractivity contribution < 1.29 is 4.42 Å². The molecule has 0 spiro atoms. The van der Waals surface area contributed by atoms with Crippen LogP contribution in [0.1, 0.15) is 51.1 Å². The van der Waals surface area contributed by atoms with Crippen molar-refractivity contribution in [2.75, 3.05) is 0 Å². The van der Waals surface area contributed by atoms with Gasteiger partial charge in [-0.05, 0) is 36.2 Å². The number of fused-ring (bicyclic) bond motifs is 2. The second-order valence-electron chi connectivity index (χ2n) is 8.62. The first-order chi connectivity index (χ1) is 12.2. The number of hydrogen-bond donors (Lipinski definition) is 0. The zero-order valence-electron chi connectivity index (χ0n) is 16.0. The highest BCUT2D eigenvalue weighted by Crippen LogP contribution is 2.34. The van der Waals surface area contributed by atoms with Gasteiger partial charge in [0, 0.05) is 10.8 Å². The van der Waals surface area contributed by atoms with Crippen molar-refractivity contribution in [3.63, 3.8) is 0 Å². The van der Waals surface area contributed by atoms with E-state index in [2.05, 4.69) is 52.8 Å². The molecule has 0 aliphatic heterocycles. The number of aromatic nitrogens is 2. The first-order valence-corrected chi connectivity index (χ1v) is 9.80. The van der Waals surface area contributed by atoms with Gasteiger partial charge in [0.2, 0.25) is 5.89 Å². The first kappa shape index (κ1) is 17.2. The lowest BCUT2D eigenvalue weighted by atomic mass is 9.85. The molecule has 2 heterocycles. The van der Waals surface area contributed by atoms with E-state index in [0.717, 1.165) is 28.9 Å². The molecule has 4 rings (SSSR count). The Labute approximate surface area is 158 Å². The van der Waals surface area contributed by atoms with Crippen LogP contribution in [-0.4, -0.2) is 9.97 Å². The maximum absolute atomic E-state index is 6.02. The predicted octanol–water partition coefficient (Wildman–Crippen LogP) is 6.26. The van der Waals surface area contributed by atoms with E-state index in [1.807, 2.05) is 24.3 Å². The summed E-state index contributed by atoms with van der Waals surface area (Å²) in [6.07, 6.45) is 0.859. The van der Waals surface area contributed by atoms with Crippen LogP contribution in [0.5, 0.6) is 0 Å². The molecule has 134 valence electrons. The zero-order valence-corrected chi connectivity index (χ0v) is 16.8. The lowest BCUT2D eigenvalue weighted by molar-refractivity contribution is 0.381. The molecule has 0 saturated carbocycles. The molecule has 0 bridgehead atoms. The summed E-state index contributed by atoms with van der Waals surface area (Å²) in [5.41, 5.74) is 4.01. The van der Waals surface area contributed by atoms with Crippen molar-refractivity contribution >= 4 is 32.7 Å². The number of nitrogens with zero attached hydrogens (tertiary/aromatic N) is 2. The van der Waals surface area contributed by atoms with Gasteiger partial charge in [0.25, 0.3) is 0 Å². The average molecular weight is 365 g/mol. The van der Waals surface area contributed by atoms with Gasteiger partial charge in [0.1, 0.15) is 5.52 Å². The Morgan fingerprint density at radius 1 is 0.923 bits per heavy atom. The van der Waals surface area contributed by atoms with Crippen LogP contribution in [0.2, 0.25) is 0 Å². The van der Waals surface area contributed by atoms with E-state index < -0.39 is 0 Å². The Kier molecular flexibility index (Phi) is 3.92. The van der Waals surface area contributed by atoms with Crippen molar-refractivity contribution in [2.45, 2.75) is 51.9 Å². The maximum atomic E-state index is 6.02. The molecule has 0 N–H and O–H groups in total. The van der Waals surface area contributed by atoms with E-state index in [4.69, 9.17) is 14.4 Å². The smallest absolute Gasteiger partial charge is 0.201 e. The van der Waals surface area contributed by atoms with Crippen LogP contribution < -0.4 is 0 Å². The lowest BCUT2D eigenvalue weighted by Gasteiger charge is -2.20. The fraction of sp³-hybridized carbons (Fsp3) is 0.364. The molecule has 26 heavy (non-hydrogen) atoms. The van der Waals surface area contributed by atoms with Crippen molar-refractivity contribution in [1.29, 1.82) is 0 Å². The number of rotatable bonds is 3. The highest BCUT2D eigenvalue weighted by Gasteiger charge is 2.28. The number of oxazole rings is 1.